The lowest BCUT2D eigenvalue weighted by molar-refractivity contribution is -0.116. The maximum atomic E-state index is 12.7. The highest BCUT2D eigenvalue weighted by Gasteiger charge is 2.24. The van der Waals surface area contributed by atoms with E-state index < -0.39 is 0 Å². The highest BCUT2D eigenvalue weighted by atomic mass is 32.2. The van der Waals surface area contributed by atoms with Crippen molar-refractivity contribution in [2.75, 3.05) is 22.9 Å². The average molecular weight is 424 g/mol. The molecule has 2 aromatic heterocycles. The van der Waals surface area contributed by atoms with Crippen molar-refractivity contribution in [1.82, 2.24) is 9.97 Å². The topological polar surface area (TPSA) is 95.9 Å². The van der Waals surface area contributed by atoms with Crippen LogP contribution in [-0.4, -0.2) is 28.2 Å². The maximum Gasteiger partial charge on any atom is 0.238 e. The highest BCUT2D eigenvalue weighted by Crippen LogP contribution is 2.39. The summed E-state index contributed by atoms with van der Waals surface area (Å²) >= 11 is 2.95. The van der Waals surface area contributed by atoms with E-state index in [2.05, 4.69) is 23.0 Å². The molecular weight excluding hydrogens is 402 g/mol. The molecule has 29 heavy (non-hydrogen) atoms. The van der Waals surface area contributed by atoms with Gasteiger partial charge in [-0.15, -0.1) is 11.3 Å². The van der Waals surface area contributed by atoms with Crippen LogP contribution in [0.5, 0.6) is 0 Å². The van der Waals surface area contributed by atoms with Crippen LogP contribution < -0.4 is 10.6 Å². The summed E-state index contributed by atoms with van der Waals surface area (Å²) in [4.78, 5) is 25.6. The molecule has 8 heteroatoms. The molecule has 1 aromatic carbocycles. The summed E-state index contributed by atoms with van der Waals surface area (Å²) in [6.45, 7) is 2.27. The molecule has 2 N–H and O–H groups in total. The molecule has 1 aliphatic rings. The predicted octanol–water partition coefficient (Wildman–Crippen LogP) is 4.05. The number of rotatable bonds is 5. The zero-order valence-electron chi connectivity index (χ0n) is 16.1. The van der Waals surface area contributed by atoms with Gasteiger partial charge in [0.05, 0.1) is 17.2 Å². The first-order valence-electron chi connectivity index (χ1n) is 9.49. The van der Waals surface area contributed by atoms with Gasteiger partial charge in [0.1, 0.15) is 17.2 Å². The number of aryl methyl sites for hydroxylation is 1. The number of hydrogen-bond donors (Lipinski definition) is 1. The Labute approximate surface area is 177 Å². The molecule has 0 saturated heterocycles. The lowest BCUT2D eigenvalue weighted by Gasteiger charge is -2.19. The maximum absolute atomic E-state index is 12.7. The van der Waals surface area contributed by atoms with Crippen molar-refractivity contribution in [3.63, 3.8) is 0 Å². The molecule has 4 rings (SSSR count). The fourth-order valence-electron chi connectivity index (χ4n) is 3.62. The Morgan fingerprint density at radius 1 is 1.38 bits per heavy atom. The second-order valence-electron chi connectivity index (χ2n) is 7.19. The van der Waals surface area contributed by atoms with Crippen molar-refractivity contribution in [1.29, 1.82) is 5.26 Å². The van der Waals surface area contributed by atoms with Crippen LogP contribution in [0.2, 0.25) is 0 Å². The van der Waals surface area contributed by atoms with Gasteiger partial charge < -0.3 is 5.73 Å². The third-order valence-electron chi connectivity index (χ3n) is 5.09. The molecule has 0 aliphatic heterocycles. The van der Waals surface area contributed by atoms with Crippen molar-refractivity contribution in [2.24, 2.45) is 5.92 Å². The number of anilines is 2. The summed E-state index contributed by atoms with van der Waals surface area (Å²) in [5.74, 6) is 1.16. The number of thiophene rings is 1. The van der Waals surface area contributed by atoms with Crippen molar-refractivity contribution in [3.8, 4) is 6.07 Å². The Hall–Kier alpha value is -2.63. The first-order valence-corrected chi connectivity index (χ1v) is 11.3. The first kappa shape index (κ1) is 19.7. The van der Waals surface area contributed by atoms with Crippen molar-refractivity contribution in [3.05, 3.63) is 40.8 Å². The van der Waals surface area contributed by atoms with Crippen molar-refractivity contribution in [2.45, 2.75) is 31.3 Å². The van der Waals surface area contributed by atoms with Crippen LogP contribution >= 0.6 is 23.1 Å². The number of nitrogens with two attached hydrogens (primary N) is 1. The number of thioether (sulfide) groups is 1. The number of nitrogens with zero attached hydrogens (tertiary/aromatic N) is 4. The van der Waals surface area contributed by atoms with Gasteiger partial charge in [-0.1, -0.05) is 36.9 Å². The molecule has 1 amide bonds. The zero-order valence-corrected chi connectivity index (χ0v) is 17.7. The van der Waals surface area contributed by atoms with E-state index in [1.807, 2.05) is 30.3 Å². The Morgan fingerprint density at radius 2 is 2.17 bits per heavy atom. The summed E-state index contributed by atoms with van der Waals surface area (Å²) in [7, 11) is 0. The molecule has 0 fully saturated rings. The third kappa shape index (κ3) is 4.07. The minimum atomic E-state index is -0.163. The number of nitriles is 1. The fourth-order valence-corrected chi connectivity index (χ4v) is 5.80. The van der Waals surface area contributed by atoms with Crippen molar-refractivity contribution < 1.29 is 4.79 Å². The van der Waals surface area contributed by atoms with Crippen LogP contribution in [0, 0.1) is 17.2 Å². The summed E-state index contributed by atoms with van der Waals surface area (Å²) in [5, 5.41) is 10.6. The highest BCUT2D eigenvalue weighted by molar-refractivity contribution is 7.99. The van der Waals surface area contributed by atoms with Gasteiger partial charge in [-0.3, -0.25) is 9.69 Å². The summed E-state index contributed by atoms with van der Waals surface area (Å²) in [6, 6.07) is 11.3. The second kappa shape index (κ2) is 8.39. The van der Waals surface area contributed by atoms with Gasteiger partial charge in [0.25, 0.3) is 0 Å². The molecule has 1 aliphatic carbocycles. The Balaban J connectivity index is 1.53. The summed E-state index contributed by atoms with van der Waals surface area (Å²) in [5.41, 5.74) is 8.28. The smallest absolute Gasteiger partial charge is 0.238 e. The molecule has 0 saturated carbocycles. The fraction of sp³-hybridized carbons (Fsp3) is 0.333. The average Bonchev–Trinajstić information content (AvgIpc) is 3.08. The molecule has 1 atom stereocenters. The number of carbonyl (C=O) groups excluding carboxylic acids is 1. The van der Waals surface area contributed by atoms with Crippen LogP contribution in [-0.2, 0) is 17.6 Å². The van der Waals surface area contributed by atoms with E-state index in [0.29, 0.717) is 22.6 Å². The Kier molecular flexibility index (Phi) is 5.69. The molecule has 0 bridgehead atoms. The molecule has 3 aromatic rings. The summed E-state index contributed by atoms with van der Waals surface area (Å²) < 4.78 is 0. The quantitative estimate of drug-likeness (QED) is 0.378. The monoisotopic (exact) mass is 423 g/mol. The van der Waals surface area contributed by atoms with Crippen LogP contribution in [0.4, 0.5) is 11.5 Å². The number of amides is 1. The van der Waals surface area contributed by atoms with E-state index in [1.54, 1.807) is 11.3 Å². The number of aromatic nitrogens is 2. The number of hydrogen-bond acceptors (Lipinski definition) is 7. The van der Waals surface area contributed by atoms with Crippen molar-refractivity contribution >= 4 is 50.7 Å². The van der Waals surface area contributed by atoms with E-state index in [9.17, 15) is 4.79 Å². The van der Waals surface area contributed by atoms with E-state index in [0.717, 1.165) is 29.5 Å². The number of benzene rings is 1. The van der Waals surface area contributed by atoms with E-state index >= 15 is 0 Å². The molecule has 6 nitrogen and oxygen atoms in total. The molecular formula is C21H21N5OS2. The van der Waals surface area contributed by atoms with E-state index in [1.165, 1.54) is 27.1 Å². The third-order valence-corrected chi connectivity index (χ3v) is 7.07. The van der Waals surface area contributed by atoms with Crippen LogP contribution in [0.15, 0.2) is 35.5 Å². The number of fused-ring (bicyclic) bond motifs is 3. The SMILES string of the molecule is CC1CCc2c(sc3nc(SCC(=O)N(CC#N)c4ccccc4)nc(N)c23)C1. The van der Waals surface area contributed by atoms with Gasteiger partial charge in [-0.05, 0) is 42.9 Å². The number of nitrogen functional groups attached to an aromatic ring is 1. The minimum absolute atomic E-state index is 0.00126. The standard InChI is InChI=1S/C21H21N5OS2/c1-13-7-8-15-16(11-13)29-20-18(15)19(23)24-21(25-20)28-12-17(27)26(10-9-22)14-5-3-2-4-6-14/h2-6,13H,7-8,10-12H2,1H3,(H2,23,24,25). The van der Waals surface area contributed by atoms with Gasteiger partial charge in [0.15, 0.2) is 5.16 Å². The van der Waals surface area contributed by atoms with Gasteiger partial charge in [-0.25, -0.2) is 9.97 Å². The van der Waals surface area contributed by atoms with E-state index in [4.69, 9.17) is 11.0 Å². The van der Waals surface area contributed by atoms with Gasteiger partial charge >= 0.3 is 0 Å². The van der Waals surface area contributed by atoms with Crippen LogP contribution in [0.1, 0.15) is 23.8 Å². The predicted molar refractivity (Wildman–Crippen MR) is 118 cm³/mol. The second-order valence-corrected chi connectivity index (χ2v) is 9.21. The van der Waals surface area contributed by atoms with Crippen LogP contribution in [0.3, 0.4) is 0 Å². The molecule has 0 radical (unpaired) electrons. The summed E-state index contributed by atoms with van der Waals surface area (Å²) in [6.07, 6.45) is 3.25. The lowest BCUT2D eigenvalue weighted by atomic mass is 9.89. The van der Waals surface area contributed by atoms with Gasteiger partial charge in [-0.2, -0.15) is 5.26 Å². The number of para-hydroxylation sites is 1. The van der Waals surface area contributed by atoms with Gasteiger partial charge in [0.2, 0.25) is 5.91 Å². The number of carbonyl (C=O) groups is 1. The zero-order chi connectivity index (χ0) is 20.4. The Morgan fingerprint density at radius 3 is 2.93 bits per heavy atom. The molecule has 1 unspecified atom stereocenters. The van der Waals surface area contributed by atoms with Gasteiger partial charge in [0, 0.05) is 10.6 Å². The first-order chi connectivity index (χ1) is 14.1. The normalized spacial score (nSPS) is 15.7. The lowest BCUT2D eigenvalue weighted by Crippen LogP contribution is -2.32. The van der Waals surface area contributed by atoms with E-state index in [-0.39, 0.29) is 18.2 Å². The minimum Gasteiger partial charge on any atom is -0.383 e. The molecule has 2 heterocycles. The molecule has 0 spiro atoms. The Bertz CT molecular complexity index is 1090. The molecule has 148 valence electrons. The van der Waals surface area contributed by atoms with Crippen LogP contribution in [0.25, 0.3) is 10.2 Å². The largest absolute Gasteiger partial charge is 0.383 e.